The SMILES string of the molecule is COc1ccc2nccc([C@H](O)C[C@H](C3CCC(c4ccc(Cl)cc4)C3)C3CCNCC3C(=O)O)c2c1. The van der Waals surface area contributed by atoms with Crippen LogP contribution in [0.5, 0.6) is 5.75 Å². The minimum absolute atomic E-state index is 0.0185. The van der Waals surface area contributed by atoms with Crippen molar-refractivity contribution in [3.63, 3.8) is 0 Å². The molecule has 7 heteroatoms. The number of aromatic nitrogens is 1. The van der Waals surface area contributed by atoms with E-state index in [9.17, 15) is 15.0 Å². The lowest BCUT2D eigenvalue weighted by Gasteiger charge is -2.39. The van der Waals surface area contributed by atoms with E-state index in [-0.39, 0.29) is 11.8 Å². The molecular weight excluding hydrogens is 488 g/mol. The lowest BCUT2D eigenvalue weighted by molar-refractivity contribution is -0.146. The highest BCUT2D eigenvalue weighted by Crippen LogP contribution is 2.49. The van der Waals surface area contributed by atoms with Gasteiger partial charge in [-0.3, -0.25) is 9.78 Å². The topological polar surface area (TPSA) is 91.7 Å². The van der Waals surface area contributed by atoms with Crippen molar-refractivity contribution < 1.29 is 19.7 Å². The lowest BCUT2D eigenvalue weighted by Crippen LogP contribution is -2.45. The van der Waals surface area contributed by atoms with Crippen LogP contribution in [0.4, 0.5) is 0 Å². The Labute approximate surface area is 223 Å². The number of carboxylic acids is 1. The summed E-state index contributed by atoms with van der Waals surface area (Å²) in [4.78, 5) is 16.7. The molecule has 1 saturated carbocycles. The number of nitrogens with one attached hydrogen (secondary N) is 1. The van der Waals surface area contributed by atoms with Gasteiger partial charge < -0.3 is 20.3 Å². The number of benzene rings is 2. The van der Waals surface area contributed by atoms with E-state index in [1.165, 1.54) is 5.56 Å². The Balaban J connectivity index is 1.45. The van der Waals surface area contributed by atoms with Crippen molar-refractivity contribution >= 4 is 28.5 Å². The van der Waals surface area contributed by atoms with Crippen molar-refractivity contribution in [1.82, 2.24) is 10.3 Å². The molecule has 3 N–H and O–H groups in total. The van der Waals surface area contributed by atoms with E-state index in [0.717, 1.165) is 59.5 Å². The van der Waals surface area contributed by atoms with Crippen molar-refractivity contribution in [3.05, 3.63) is 70.9 Å². The third-order valence-electron chi connectivity index (χ3n) is 8.66. The summed E-state index contributed by atoms with van der Waals surface area (Å²) in [5, 5.41) is 26.6. The molecule has 1 aliphatic carbocycles. The Hall–Kier alpha value is -2.67. The van der Waals surface area contributed by atoms with E-state index in [1.807, 2.05) is 36.4 Å². The van der Waals surface area contributed by atoms with Crippen molar-refractivity contribution in [2.45, 2.75) is 44.1 Å². The van der Waals surface area contributed by atoms with Crippen LogP contribution >= 0.6 is 11.6 Å². The molecule has 4 unspecified atom stereocenters. The molecule has 5 rings (SSSR count). The van der Waals surface area contributed by atoms with Gasteiger partial charge in [-0.1, -0.05) is 23.7 Å². The largest absolute Gasteiger partial charge is 0.497 e. The van der Waals surface area contributed by atoms with Crippen molar-refractivity contribution in [2.24, 2.45) is 23.7 Å². The molecule has 3 aromatic rings. The lowest BCUT2D eigenvalue weighted by atomic mass is 9.68. The fourth-order valence-electron chi connectivity index (χ4n) is 6.77. The minimum atomic E-state index is -0.747. The predicted molar refractivity (Wildman–Crippen MR) is 145 cm³/mol. The number of aliphatic hydroxyl groups is 1. The Bertz CT molecular complexity index is 1230. The maximum Gasteiger partial charge on any atom is 0.308 e. The fourth-order valence-corrected chi connectivity index (χ4v) is 6.90. The van der Waals surface area contributed by atoms with E-state index in [0.29, 0.717) is 24.8 Å². The second-order valence-electron chi connectivity index (χ2n) is 10.6. The van der Waals surface area contributed by atoms with Crippen LogP contribution in [0.1, 0.15) is 55.3 Å². The van der Waals surface area contributed by atoms with Gasteiger partial charge in [0.25, 0.3) is 0 Å². The molecule has 2 fully saturated rings. The number of carboxylic acid groups (broad SMARTS) is 1. The quantitative estimate of drug-likeness (QED) is 0.345. The molecule has 2 heterocycles. The smallest absolute Gasteiger partial charge is 0.308 e. The van der Waals surface area contributed by atoms with Crippen LogP contribution < -0.4 is 10.1 Å². The van der Waals surface area contributed by atoms with Crippen LogP contribution in [0.25, 0.3) is 10.9 Å². The summed E-state index contributed by atoms with van der Waals surface area (Å²) in [6.07, 6.45) is 5.45. The summed E-state index contributed by atoms with van der Waals surface area (Å²) in [5.41, 5.74) is 2.92. The number of hydrogen-bond donors (Lipinski definition) is 3. The number of methoxy groups -OCH3 is 1. The monoisotopic (exact) mass is 522 g/mol. The molecule has 0 spiro atoms. The van der Waals surface area contributed by atoms with Crippen molar-refractivity contribution in [3.8, 4) is 5.75 Å². The number of nitrogens with zero attached hydrogens (tertiary/aromatic N) is 1. The molecule has 1 saturated heterocycles. The number of rotatable bonds is 8. The van der Waals surface area contributed by atoms with E-state index < -0.39 is 18.0 Å². The van der Waals surface area contributed by atoms with E-state index in [1.54, 1.807) is 13.3 Å². The highest BCUT2D eigenvalue weighted by molar-refractivity contribution is 6.30. The molecule has 0 amide bonds. The summed E-state index contributed by atoms with van der Waals surface area (Å²) < 4.78 is 5.43. The Morgan fingerprint density at radius 3 is 2.73 bits per heavy atom. The number of fused-ring (bicyclic) bond motifs is 1. The number of aliphatic hydroxyl groups excluding tert-OH is 1. The van der Waals surface area contributed by atoms with Gasteiger partial charge in [-0.25, -0.2) is 0 Å². The van der Waals surface area contributed by atoms with Crippen molar-refractivity contribution in [2.75, 3.05) is 20.2 Å². The number of ether oxygens (including phenoxy) is 1. The minimum Gasteiger partial charge on any atom is -0.497 e. The second kappa shape index (κ2) is 11.4. The Morgan fingerprint density at radius 2 is 1.97 bits per heavy atom. The number of pyridine rings is 1. The van der Waals surface area contributed by atoms with Gasteiger partial charge in [-0.2, -0.15) is 0 Å². The van der Waals surface area contributed by atoms with Crippen LogP contribution in [0, 0.1) is 23.7 Å². The van der Waals surface area contributed by atoms with Crippen molar-refractivity contribution in [1.29, 1.82) is 0 Å². The van der Waals surface area contributed by atoms with Crippen LogP contribution in [0.3, 0.4) is 0 Å². The first kappa shape index (κ1) is 26.0. The average molecular weight is 523 g/mol. The Morgan fingerprint density at radius 1 is 1.16 bits per heavy atom. The third kappa shape index (κ3) is 5.62. The zero-order valence-electron chi connectivity index (χ0n) is 21.1. The molecule has 0 bridgehead atoms. The van der Waals surface area contributed by atoms with Gasteiger partial charge in [0.2, 0.25) is 0 Å². The molecular formula is C30H35ClN2O4. The van der Waals surface area contributed by atoms with E-state index >= 15 is 0 Å². The molecule has 2 aromatic carbocycles. The fraction of sp³-hybridized carbons (Fsp3) is 0.467. The predicted octanol–water partition coefficient (Wildman–Crippen LogP) is 5.83. The van der Waals surface area contributed by atoms with Gasteiger partial charge in [0.15, 0.2) is 0 Å². The number of aliphatic carboxylic acids is 1. The zero-order chi connectivity index (χ0) is 25.9. The maximum absolute atomic E-state index is 12.3. The van der Waals surface area contributed by atoms with Gasteiger partial charge in [0.05, 0.1) is 24.6 Å². The van der Waals surface area contributed by atoms with Gasteiger partial charge in [-0.15, -0.1) is 0 Å². The van der Waals surface area contributed by atoms with Crippen LogP contribution in [0.15, 0.2) is 54.7 Å². The first-order valence-corrected chi connectivity index (χ1v) is 13.6. The molecule has 0 radical (unpaired) electrons. The van der Waals surface area contributed by atoms with Gasteiger partial charge >= 0.3 is 5.97 Å². The first-order chi connectivity index (χ1) is 17.9. The van der Waals surface area contributed by atoms with E-state index in [4.69, 9.17) is 16.3 Å². The van der Waals surface area contributed by atoms with E-state index in [2.05, 4.69) is 22.4 Å². The van der Waals surface area contributed by atoms with Gasteiger partial charge in [0, 0.05) is 23.2 Å². The summed E-state index contributed by atoms with van der Waals surface area (Å²) in [5.74, 6) is 0.421. The maximum atomic E-state index is 12.3. The van der Waals surface area contributed by atoms with Crippen LogP contribution in [-0.4, -0.2) is 41.4 Å². The number of piperidine rings is 1. The number of hydrogen-bond acceptors (Lipinski definition) is 5. The summed E-state index contributed by atoms with van der Waals surface area (Å²) >= 11 is 6.12. The molecule has 6 atom stereocenters. The molecule has 37 heavy (non-hydrogen) atoms. The van der Waals surface area contributed by atoms with Gasteiger partial charge in [0.1, 0.15) is 5.75 Å². The highest BCUT2D eigenvalue weighted by atomic mass is 35.5. The normalized spacial score (nSPS) is 25.6. The zero-order valence-corrected chi connectivity index (χ0v) is 21.9. The average Bonchev–Trinajstić information content (AvgIpc) is 3.41. The Kier molecular flexibility index (Phi) is 7.98. The number of halogens is 1. The van der Waals surface area contributed by atoms with Gasteiger partial charge in [-0.05, 0) is 110 Å². The third-order valence-corrected chi connectivity index (χ3v) is 8.91. The molecule has 6 nitrogen and oxygen atoms in total. The first-order valence-electron chi connectivity index (χ1n) is 13.2. The summed E-state index contributed by atoms with van der Waals surface area (Å²) in [7, 11) is 1.63. The summed E-state index contributed by atoms with van der Waals surface area (Å²) in [6.45, 7) is 1.29. The highest BCUT2D eigenvalue weighted by Gasteiger charge is 2.43. The molecule has 1 aliphatic heterocycles. The number of carbonyl (C=O) groups is 1. The second-order valence-corrected chi connectivity index (χ2v) is 11.1. The standard InChI is InChI=1S/C30H35ClN2O4/c1-37-22-8-9-28-26(15-22)24(11-13-33-28)29(34)16-25(23-10-12-32-17-27(23)30(35)36)20-3-2-19(14-20)18-4-6-21(31)7-5-18/h4-9,11,13,15,19-20,23,25,27,29,32,34H,2-3,10,12,14,16-17H2,1H3,(H,35,36)/t19?,20?,23?,25-,27?,29-/m1/s1. The molecule has 2 aliphatic rings. The van der Waals surface area contributed by atoms with Crippen LogP contribution in [-0.2, 0) is 4.79 Å². The summed E-state index contributed by atoms with van der Waals surface area (Å²) in [6, 6.07) is 15.7. The van der Waals surface area contributed by atoms with Crippen LogP contribution in [0.2, 0.25) is 5.02 Å². The molecule has 1 aromatic heterocycles. The molecule has 196 valence electrons.